The third-order valence-electron chi connectivity index (χ3n) is 2.83. The lowest BCUT2D eigenvalue weighted by Gasteiger charge is -2.20. The standard InChI is InChI=1S/C13H23N3S2/c1-13(2,3)14-9-11-10-18-12(15-11)16-5-4-7-17-8-6-16/h10,14H,4-9H2,1-3H3. The Morgan fingerprint density at radius 3 is 2.94 bits per heavy atom. The minimum absolute atomic E-state index is 0.156. The maximum Gasteiger partial charge on any atom is 0.185 e. The van der Waals surface area contributed by atoms with Crippen LogP contribution in [0, 0.1) is 0 Å². The van der Waals surface area contributed by atoms with Gasteiger partial charge in [0.25, 0.3) is 0 Å². The van der Waals surface area contributed by atoms with E-state index in [1.807, 2.05) is 0 Å². The molecule has 0 aromatic carbocycles. The van der Waals surface area contributed by atoms with Crippen LogP contribution < -0.4 is 10.2 Å². The average Bonchev–Trinajstić information content (AvgIpc) is 2.60. The van der Waals surface area contributed by atoms with E-state index in [2.05, 4.69) is 48.1 Å². The maximum absolute atomic E-state index is 4.75. The zero-order valence-electron chi connectivity index (χ0n) is 11.5. The van der Waals surface area contributed by atoms with Crippen molar-refractivity contribution in [2.75, 3.05) is 29.5 Å². The van der Waals surface area contributed by atoms with Crippen LogP contribution in [-0.2, 0) is 6.54 Å². The van der Waals surface area contributed by atoms with E-state index in [-0.39, 0.29) is 5.54 Å². The normalized spacial score (nSPS) is 17.8. The predicted octanol–water partition coefficient (Wildman–Crippen LogP) is 2.97. The molecule has 1 fully saturated rings. The van der Waals surface area contributed by atoms with Crippen molar-refractivity contribution in [2.24, 2.45) is 0 Å². The van der Waals surface area contributed by atoms with Gasteiger partial charge in [0.2, 0.25) is 0 Å². The van der Waals surface area contributed by atoms with Crippen LogP contribution in [0.1, 0.15) is 32.9 Å². The Balaban J connectivity index is 1.92. The molecule has 1 aliphatic rings. The number of anilines is 1. The molecule has 18 heavy (non-hydrogen) atoms. The Morgan fingerprint density at radius 1 is 1.33 bits per heavy atom. The molecule has 0 bridgehead atoms. The van der Waals surface area contributed by atoms with Gasteiger partial charge in [-0.3, -0.25) is 0 Å². The van der Waals surface area contributed by atoms with Crippen molar-refractivity contribution in [3.05, 3.63) is 11.1 Å². The highest BCUT2D eigenvalue weighted by Gasteiger charge is 2.14. The molecule has 1 N–H and O–H groups in total. The smallest absolute Gasteiger partial charge is 0.185 e. The molecule has 1 aromatic rings. The molecule has 2 rings (SSSR count). The fraction of sp³-hybridized carbons (Fsp3) is 0.769. The molecule has 0 atom stereocenters. The number of nitrogens with zero attached hydrogens (tertiary/aromatic N) is 2. The van der Waals surface area contributed by atoms with Crippen molar-refractivity contribution in [3.63, 3.8) is 0 Å². The second kappa shape index (κ2) is 6.26. The number of rotatable bonds is 3. The SMILES string of the molecule is CC(C)(C)NCc1csc(N2CCCSCC2)n1. The van der Waals surface area contributed by atoms with Crippen LogP contribution in [0.2, 0.25) is 0 Å². The summed E-state index contributed by atoms with van der Waals surface area (Å²) in [5.41, 5.74) is 1.32. The first-order chi connectivity index (χ1) is 8.54. The quantitative estimate of drug-likeness (QED) is 0.924. The molecule has 0 radical (unpaired) electrons. The zero-order chi connectivity index (χ0) is 13.0. The van der Waals surface area contributed by atoms with Crippen molar-refractivity contribution < 1.29 is 0 Å². The van der Waals surface area contributed by atoms with Gasteiger partial charge in [-0.2, -0.15) is 11.8 Å². The molecular weight excluding hydrogens is 262 g/mol. The van der Waals surface area contributed by atoms with Gasteiger partial charge in [-0.05, 0) is 32.9 Å². The second-order valence-electron chi connectivity index (χ2n) is 5.68. The number of aromatic nitrogens is 1. The molecule has 2 heterocycles. The molecule has 0 amide bonds. The minimum Gasteiger partial charge on any atom is -0.347 e. The minimum atomic E-state index is 0.156. The van der Waals surface area contributed by atoms with E-state index in [0.717, 1.165) is 19.6 Å². The summed E-state index contributed by atoms with van der Waals surface area (Å²) in [7, 11) is 0. The average molecular weight is 285 g/mol. The van der Waals surface area contributed by atoms with Gasteiger partial charge in [-0.1, -0.05) is 0 Å². The van der Waals surface area contributed by atoms with E-state index in [0.29, 0.717) is 0 Å². The second-order valence-corrected chi connectivity index (χ2v) is 7.74. The largest absolute Gasteiger partial charge is 0.347 e. The molecule has 5 heteroatoms. The van der Waals surface area contributed by atoms with Gasteiger partial charge >= 0.3 is 0 Å². The third kappa shape index (κ3) is 4.44. The zero-order valence-corrected chi connectivity index (χ0v) is 13.2. The summed E-state index contributed by atoms with van der Waals surface area (Å²) in [5.74, 6) is 2.52. The van der Waals surface area contributed by atoms with Gasteiger partial charge in [0, 0.05) is 36.3 Å². The summed E-state index contributed by atoms with van der Waals surface area (Å²) < 4.78 is 0. The number of hydrogen-bond acceptors (Lipinski definition) is 5. The Hall–Kier alpha value is -0.260. The Kier molecular flexibility index (Phi) is 4.92. The highest BCUT2D eigenvalue weighted by atomic mass is 32.2. The summed E-state index contributed by atoms with van der Waals surface area (Å²) in [4.78, 5) is 7.19. The summed E-state index contributed by atoms with van der Waals surface area (Å²) in [6.07, 6.45) is 1.28. The topological polar surface area (TPSA) is 28.2 Å². The van der Waals surface area contributed by atoms with Gasteiger partial charge in [-0.15, -0.1) is 11.3 Å². The molecule has 1 aromatic heterocycles. The summed E-state index contributed by atoms with van der Waals surface area (Å²) in [6, 6.07) is 0. The van der Waals surface area contributed by atoms with Gasteiger partial charge in [0.1, 0.15) is 0 Å². The van der Waals surface area contributed by atoms with Crippen LogP contribution in [-0.4, -0.2) is 35.1 Å². The van der Waals surface area contributed by atoms with Crippen molar-refractivity contribution in [1.82, 2.24) is 10.3 Å². The third-order valence-corrected chi connectivity index (χ3v) is 4.83. The predicted molar refractivity (Wildman–Crippen MR) is 82.9 cm³/mol. The van der Waals surface area contributed by atoms with Crippen LogP contribution >= 0.6 is 23.1 Å². The van der Waals surface area contributed by atoms with Gasteiger partial charge < -0.3 is 10.2 Å². The van der Waals surface area contributed by atoms with E-state index in [9.17, 15) is 0 Å². The van der Waals surface area contributed by atoms with Crippen LogP contribution in [0.15, 0.2) is 5.38 Å². The van der Waals surface area contributed by atoms with E-state index >= 15 is 0 Å². The molecule has 0 unspecified atom stereocenters. The van der Waals surface area contributed by atoms with E-state index < -0.39 is 0 Å². The highest BCUT2D eigenvalue weighted by molar-refractivity contribution is 7.99. The molecule has 1 saturated heterocycles. The Bertz CT molecular complexity index is 363. The van der Waals surface area contributed by atoms with Gasteiger partial charge in [0.15, 0.2) is 5.13 Å². The summed E-state index contributed by atoms with van der Waals surface area (Å²) >= 11 is 3.84. The van der Waals surface area contributed by atoms with Crippen molar-refractivity contribution >= 4 is 28.2 Å². The molecule has 3 nitrogen and oxygen atoms in total. The van der Waals surface area contributed by atoms with Gasteiger partial charge in [-0.25, -0.2) is 4.98 Å². The Labute approximate surface area is 118 Å². The fourth-order valence-corrected chi connectivity index (χ4v) is 3.58. The maximum atomic E-state index is 4.75. The molecule has 0 saturated carbocycles. The van der Waals surface area contributed by atoms with Crippen LogP contribution in [0.25, 0.3) is 0 Å². The van der Waals surface area contributed by atoms with Crippen LogP contribution in [0.5, 0.6) is 0 Å². The van der Waals surface area contributed by atoms with Gasteiger partial charge in [0.05, 0.1) is 5.69 Å². The molecule has 0 spiro atoms. The van der Waals surface area contributed by atoms with Crippen molar-refractivity contribution in [3.8, 4) is 0 Å². The molecule has 102 valence electrons. The molecular formula is C13H23N3S2. The number of thiazole rings is 1. The molecule has 1 aliphatic heterocycles. The van der Waals surface area contributed by atoms with E-state index in [1.165, 1.54) is 28.8 Å². The lowest BCUT2D eigenvalue weighted by molar-refractivity contribution is 0.422. The number of thioether (sulfide) groups is 1. The van der Waals surface area contributed by atoms with E-state index in [4.69, 9.17) is 4.98 Å². The fourth-order valence-electron chi connectivity index (χ4n) is 1.82. The van der Waals surface area contributed by atoms with Crippen LogP contribution in [0.4, 0.5) is 5.13 Å². The summed E-state index contributed by atoms with van der Waals surface area (Å²) in [5, 5.41) is 6.87. The molecule has 0 aliphatic carbocycles. The lowest BCUT2D eigenvalue weighted by atomic mass is 10.1. The monoisotopic (exact) mass is 285 g/mol. The number of hydrogen-bond donors (Lipinski definition) is 1. The first kappa shape index (κ1) is 14.2. The highest BCUT2D eigenvalue weighted by Crippen LogP contribution is 2.23. The van der Waals surface area contributed by atoms with E-state index in [1.54, 1.807) is 11.3 Å². The number of nitrogens with one attached hydrogen (secondary N) is 1. The first-order valence-corrected chi connectivity index (χ1v) is 8.60. The summed E-state index contributed by atoms with van der Waals surface area (Å²) in [6.45, 7) is 9.73. The van der Waals surface area contributed by atoms with Crippen molar-refractivity contribution in [1.29, 1.82) is 0 Å². The lowest BCUT2D eigenvalue weighted by Crippen LogP contribution is -2.35. The Morgan fingerprint density at radius 2 is 2.17 bits per heavy atom. The van der Waals surface area contributed by atoms with Crippen LogP contribution in [0.3, 0.4) is 0 Å². The van der Waals surface area contributed by atoms with Crippen molar-refractivity contribution in [2.45, 2.75) is 39.3 Å². The first-order valence-electron chi connectivity index (χ1n) is 6.57.